The molecule has 4 heteroatoms. The monoisotopic (exact) mass is 305 g/mol. The van der Waals surface area contributed by atoms with Gasteiger partial charge in [0.15, 0.2) is 5.66 Å². The molecule has 0 fully saturated rings. The van der Waals surface area contributed by atoms with Crippen LogP contribution in [0.25, 0.3) is 11.1 Å². The second-order valence-corrected chi connectivity index (χ2v) is 5.63. The molecule has 116 valence electrons. The first-order valence-electron chi connectivity index (χ1n) is 7.67. The summed E-state index contributed by atoms with van der Waals surface area (Å²) in [6.45, 7) is 0.582. The normalized spacial score (nSPS) is 14.2. The van der Waals surface area contributed by atoms with Gasteiger partial charge in [-0.15, -0.1) is 12.3 Å². The molecule has 0 radical (unpaired) electrons. The Balaban J connectivity index is 1.52. The topological polar surface area (TPSA) is 60.0 Å². The van der Waals surface area contributed by atoms with E-state index in [0.29, 0.717) is 13.0 Å². The average Bonchev–Trinajstić information content (AvgIpc) is 3.35. The van der Waals surface area contributed by atoms with Crippen molar-refractivity contribution in [3.8, 4) is 29.2 Å². The standard InChI is InChI=1S/C19H19N3O/c1-2-3-12-19(21-22-19)13-14-23-18-10-6-16(7-11-18)15-4-8-17(20)9-5-15/h1,4-11H,3,12-14,20H2. The number of nitrogens with zero attached hydrogens (tertiary/aromatic N) is 2. The van der Waals surface area contributed by atoms with Crippen LogP contribution in [-0.4, -0.2) is 12.3 Å². The minimum absolute atomic E-state index is 0.281. The van der Waals surface area contributed by atoms with Crippen molar-refractivity contribution in [2.75, 3.05) is 12.3 Å². The summed E-state index contributed by atoms with van der Waals surface area (Å²) in [7, 11) is 0. The van der Waals surface area contributed by atoms with E-state index in [1.165, 1.54) is 0 Å². The first kappa shape index (κ1) is 15.1. The molecule has 0 atom stereocenters. The van der Waals surface area contributed by atoms with Crippen LogP contribution in [0.1, 0.15) is 19.3 Å². The third-order valence-electron chi connectivity index (χ3n) is 3.92. The van der Waals surface area contributed by atoms with Crippen LogP contribution in [0.5, 0.6) is 5.75 Å². The molecule has 4 nitrogen and oxygen atoms in total. The SMILES string of the molecule is C#CCCC1(CCOc2ccc(-c3ccc(N)cc3)cc2)N=N1. The van der Waals surface area contributed by atoms with Gasteiger partial charge in [-0.3, -0.25) is 0 Å². The largest absolute Gasteiger partial charge is 0.493 e. The van der Waals surface area contributed by atoms with Gasteiger partial charge in [0.25, 0.3) is 0 Å². The van der Waals surface area contributed by atoms with Crippen molar-refractivity contribution in [3.63, 3.8) is 0 Å². The number of terminal acetylenes is 1. The number of hydrogen-bond donors (Lipinski definition) is 1. The molecular formula is C19H19N3O. The molecule has 0 spiro atoms. The van der Waals surface area contributed by atoms with Crippen molar-refractivity contribution in [2.45, 2.75) is 24.9 Å². The van der Waals surface area contributed by atoms with Gasteiger partial charge in [-0.25, -0.2) is 0 Å². The number of rotatable bonds is 7. The van der Waals surface area contributed by atoms with E-state index in [1.807, 2.05) is 48.5 Å². The molecule has 0 bridgehead atoms. The van der Waals surface area contributed by atoms with Crippen LogP contribution < -0.4 is 10.5 Å². The Morgan fingerprint density at radius 3 is 2.13 bits per heavy atom. The van der Waals surface area contributed by atoms with Gasteiger partial charge >= 0.3 is 0 Å². The van der Waals surface area contributed by atoms with Gasteiger partial charge in [-0.05, 0) is 35.4 Å². The highest BCUT2D eigenvalue weighted by Gasteiger charge is 2.38. The Kier molecular flexibility index (Phi) is 4.29. The Morgan fingerprint density at radius 2 is 1.57 bits per heavy atom. The molecule has 0 amide bonds. The maximum Gasteiger partial charge on any atom is 0.195 e. The smallest absolute Gasteiger partial charge is 0.195 e. The molecule has 0 aliphatic carbocycles. The fourth-order valence-corrected chi connectivity index (χ4v) is 2.42. The third kappa shape index (κ3) is 3.89. The number of anilines is 1. The van der Waals surface area contributed by atoms with E-state index in [-0.39, 0.29) is 5.66 Å². The van der Waals surface area contributed by atoms with E-state index >= 15 is 0 Å². The number of nitrogens with two attached hydrogens (primary N) is 1. The highest BCUT2D eigenvalue weighted by atomic mass is 16.5. The highest BCUT2D eigenvalue weighted by molar-refractivity contribution is 5.66. The maximum absolute atomic E-state index is 5.78. The lowest BCUT2D eigenvalue weighted by atomic mass is 10.0. The summed E-state index contributed by atoms with van der Waals surface area (Å²) >= 11 is 0. The Labute approximate surface area is 136 Å². The Morgan fingerprint density at radius 1 is 0.957 bits per heavy atom. The minimum atomic E-state index is -0.281. The van der Waals surface area contributed by atoms with Gasteiger partial charge in [0.05, 0.1) is 6.61 Å². The second kappa shape index (κ2) is 6.53. The Bertz CT molecular complexity index is 721. The van der Waals surface area contributed by atoms with Gasteiger partial charge in [-0.1, -0.05) is 24.3 Å². The second-order valence-electron chi connectivity index (χ2n) is 5.63. The summed E-state index contributed by atoms with van der Waals surface area (Å²) in [5.41, 5.74) is 8.46. The fourth-order valence-electron chi connectivity index (χ4n) is 2.42. The molecule has 0 unspecified atom stereocenters. The number of benzene rings is 2. The zero-order valence-electron chi connectivity index (χ0n) is 12.9. The fraction of sp³-hybridized carbons (Fsp3) is 0.263. The van der Waals surface area contributed by atoms with E-state index in [0.717, 1.165) is 35.4 Å². The molecule has 1 aliphatic heterocycles. The third-order valence-corrected chi connectivity index (χ3v) is 3.92. The van der Waals surface area contributed by atoms with Crippen molar-refractivity contribution >= 4 is 5.69 Å². The Hall–Kier alpha value is -2.80. The van der Waals surface area contributed by atoms with Crippen molar-refractivity contribution in [1.82, 2.24) is 0 Å². The minimum Gasteiger partial charge on any atom is -0.493 e. The number of hydrogen-bond acceptors (Lipinski definition) is 4. The van der Waals surface area contributed by atoms with Gasteiger partial charge in [0.2, 0.25) is 0 Å². The van der Waals surface area contributed by atoms with E-state index in [2.05, 4.69) is 16.1 Å². The van der Waals surface area contributed by atoms with E-state index in [1.54, 1.807) is 0 Å². The van der Waals surface area contributed by atoms with Crippen LogP contribution in [0.2, 0.25) is 0 Å². The van der Waals surface area contributed by atoms with Gasteiger partial charge in [-0.2, -0.15) is 10.2 Å². The molecular weight excluding hydrogens is 286 g/mol. The molecule has 2 aromatic carbocycles. The van der Waals surface area contributed by atoms with Crippen molar-refractivity contribution in [1.29, 1.82) is 0 Å². The van der Waals surface area contributed by atoms with Crippen LogP contribution in [0.15, 0.2) is 58.8 Å². The first-order chi connectivity index (χ1) is 11.2. The van der Waals surface area contributed by atoms with Gasteiger partial charge in [0, 0.05) is 24.9 Å². The molecule has 2 aromatic rings. The summed E-state index contributed by atoms with van der Waals surface area (Å²) in [5.74, 6) is 3.47. The summed E-state index contributed by atoms with van der Waals surface area (Å²) < 4.78 is 5.78. The lowest BCUT2D eigenvalue weighted by Crippen LogP contribution is -2.15. The predicted molar refractivity (Wildman–Crippen MR) is 92.1 cm³/mol. The zero-order chi connectivity index (χ0) is 16.1. The molecule has 0 saturated carbocycles. The summed E-state index contributed by atoms with van der Waals surface area (Å²) in [6, 6.07) is 15.9. The molecule has 1 heterocycles. The predicted octanol–water partition coefficient (Wildman–Crippen LogP) is 4.28. The quantitative estimate of drug-likeness (QED) is 0.613. The molecule has 23 heavy (non-hydrogen) atoms. The maximum atomic E-state index is 5.78. The van der Waals surface area contributed by atoms with Crippen molar-refractivity contribution in [3.05, 3.63) is 48.5 Å². The molecule has 3 rings (SSSR count). The van der Waals surface area contributed by atoms with Gasteiger partial charge in [0.1, 0.15) is 5.75 Å². The summed E-state index contributed by atoms with van der Waals surface area (Å²) in [4.78, 5) is 0. The number of nitrogen functional groups attached to an aromatic ring is 1. The van der Waals surface area contributed by atoms with E-state index in [4.69, 9.17) is 16.9 Å². The molecule has 2 N–H and O–H groups in total. The van der Waals surface area contributed by atoms with Gasteiger partial charge < -0.3 is 10.5 Å². The highest BCUT2D eigenvalue weighted by Crippen LogP contribution is 2.36. The summed E-state index contributed by atoms with van der Waals surface area (Å²) in [6.07, 6.45) is 7.56. The van der Waals surface area contributed by atoms with Crippen molar-refractivity contribution in [2.24, 2.45) is 10.2 Å². The van der Waals surface area contributed by atoms with Crippen LogP contribution in [0.3, 0.4) is 0 Å². The zero-order valence-corrected chi connectivity index (χ0v) is 12.9. The number of ether oxygens (including phenoxy) is 1. The summed E-state index contributed by atoms with van der Waals surface area (Å²) in [5, 5.41) is 8.21. The van der Waals surface area contributed by atoms with Crippen LogP contribution in [0, 0.1) is 12.3 Å². The average molecular weight is 305 g/mol. The first-order valence-corrected chi connectivity index (χ1v) is 7.67. The lowest BCUT2D eigenvalue weighted by Gasteiger charge is -2.11. The molecule has 0 aromatic heterocycles. The van der Waals surface area contributed by atoms with Crippen molar-refractivity contribution < 1.29 is 4.74 Å². The lowest BCUT2D eigenvalue weighted by molar-refractivity contribution is 0.283. The van der Waals surface area contributed by atoms with Crippen LogP contribution >= 0.6 is 0 Å². The molecule has 0 saturated heterocycles. The molecule has 1 aliphatic rings. The van der Waals surface area contributed by atoms with Crippen LogP contribution in [0.4, 0.5) is 5.69 Å². The van der Waals surface area contributed by atoms with Crippen LogP contribution in [-0.2, 0) is 0 Å². The van der Waals surface area contributed by atoms with E-state index < -0.39 is 0 Å². The van der Waals surface area contributed by atoms with E-state index in [9.17, 15) is 0 Å².